The largest absolute Gasteiger partial charge is 0.487 e. The zero-order valence-corrected chi connectivity index (χ0v) is 12.7. The molecular weight excluding hydrogens is 370 g/mol. The maximum absolute atomic E-state index is 13.8. The Balaban J connectivity index is 2.21. The van der Waals surface area contributed by atoms with E-state index in [2.05, 4.69) is 15.9 Å². The smallest absolute Gasteiger partial charge is 0.335 e. The van der Waals surface area contributed by atoms with Crippen molar-refractivity contribution in [2.75, 3.05) is 0 Å². The lowest BCUT2D eigenvalue weighted by Crippen LogP contribution is -2.03. The predicted molar refractivity (Wildman–Crippen MR) is 76.8 cm³/mol. The van der Waals surface area contributed by atoms with E-state index in [9.17, 15) is 13.6 Å². The van der Waals surface area contributed by atoms with E-state index in [0.717, 1.165) is 6.07 Å². The minimum absolute atomic E-state index is 0.00725. The molecule has 0 fully saturated rings. The molecule has 0 amide bonds. The van der Waals surface area contributed by atoms with E-state index in [1.807, 2.05) is 0 Å². The average molecular weight is 378 g/mol. The molecule has 0 aliphatic rings. The molecule has 0 spiro atoms. The van der Waals surface area contributed by atoms with E-state index in [1.165, 1.54) is 24.3 Å². The molecule has 0 aromatic heterocycles. The second kappa shape index (κ2) is 6.41. The molecular formula is C14H8BrClF2O3. The summed E-state index contributed by atoms with van der Waals surface area (Å²) in [4.78, 5) is 10.8. The van der Waals surface area contributed by atoms with Crippen LogP contribution in [-0.2, 0) is 6.61 Å². The molecule has 0 saturated carbocycles. The van der Waals surface area contributed by atoms with Crippen LogP contribution in [0.25, 0.3) is 0 Å². The lowest BCUT2D eigenvalue weighted by molar-refractivity contribution is 0.0697. The van der Waals surface area contributed by atoms with Gasteiger partial charge in [-0.05, 0) is 46.3 Å². The Bertz CT molecular complexity index is 707. The van der Waals surface area contributed by atoms with Gasteiger partial charge in [0.2, 0.25) is 0 Å². The highest BCUT2D eigenvalue weighted by molar-refractivity contribution is 9.10. The van der Waals surface area contributed by atoms with Crippen LogP contribution in [0.1, 0.15) is 15.9 Å². The van der Waals surface area contributed by atoms with Crippen molar-refractivity contribution in [3.8, 4) is 5.75 Å². The van der Waals surface area contributed by atoms with Crippen molar-refractivity contribution in [1.82, 2.24) is 0 Å². The summed E-state index contributed by atoms with van der Waals surface area (Å²) in [5.41, 5.74) is -0.255. The highest BCUT2D eigenvalue weighted by atomic mass is 79.9. The first-order chi connectivity index (χ1) is 9.90. The average Bonchev–Trinajstić information content (AvgIpc) is 2.44. The topological polar surface area (TPSA) is 46.5 Å². The number of hydrogen-bond donors (Lipinski definition) is 1. The summed E-state index contributed by atoms with van der Waals surface area (Å²) in [5, 5.41) is 8.85. The molecule has 7 heteroatoms. The molecule has 0 aliphatic heterocycles. The summed E-state index contributed by atoms with van der Waals surface area (Å²) >= 11 is 8.82. The molecule has 2 aromatic carbocycles. The van der Waals surface area contributed by atoms with Gasteiger partial charge in [0.05, 0.1) is 20.6 Å². The molecule has 0 atom stereocenters. The van der Waals surface area contributed by atoms with Gasteiger partial charge in [0.1, 0.15) is 24.0 Å². The number of ether oxygens (including phenoxy) is 1. The first-order valence-corrected chi connectivity index (χ1v) is 6.85. The van der Waals surface area contributed by atoms with Crippen LogP contribution in [0.5, 0.6) is 5.75 Å². The third kappa shape index (κ3) is 3.51. The first kappa shape index (κ1) is 15.7. The Morgan fingerprint density at radius 2 is 2.00 bits per heavy atom. The molecule has 2 aromatic rings. The van der Waals surface area contributed by atoms with E-state index < -0.39 is 17.6 Å². The van der Waals surface area contributed by atoms with Crippen LogP contribution in [0.2, 0.25) is 5.02 Å². The molecule has 0 heterocycles. The predicted octanol–water partition coefficient (Wildman–Crippen LogP) is 4.66. The lowest BCUT2D eigenvalue weighted by atomic mass is 10.2. The Morgan fingerprint density at radius 3 is 2.62 bits per heavy atom. The Labute approximate surface area is 132 Å². The van der Waals surface area contributed by atoms with E-state index in [1.54, 1.807) is 0 Å². The van der Waals surface area contributed by atoms with Crippen molar-refractivity contribution in [2.45, 2.75) is 6.61 Å². The summed E-state index contributed by atoms with van der Waals surface area (Å²) in [6, 6.07) is 6.19. The van der Waals surface area contributed by atoms with Crippen LogP contribution in [0.4, 0.5) is 8.78 Å². The maximum Gasteiger partial charge on any atom is 0.335 e. The second-order valence-corrected chi connectivity index (χ2v) is 5.32. The van der Waals surface area contributed by atoms with Crippen molar-refractivity contribution >= 4 is 33.5 Å². The molecule has 0 radical (unpaired) electrons. The van der Waals surface area contributed by atoms with Gasteiger partial charge in [0, 0.05) is 0 Å². The molecule has 3 nitrogen and oxygen atoms in total. The van der Waals surface area contributed by atoms with Gasteiger partial charge in [-0.25, -0.2) is 13.6 Å². The molecule has 0 bridgehead atoms. The first-order valence-electron chi connectivity index (χ1n) is 5.68. The maximum atomic E-state index is 13.8. The van der Waals surface area contributed by atoms with E-state index in [4.69, 9.17) is 21.4 Å². The van der Waals surface area contributed by atoms with Gasteiger partial charge in [0.25, 0.3) is 0 Å². The zero-order chi connectivity index (χ0) is 15.6. The number of carbonyl (C=O) groups is 1. The van der Waals surface area contributed by atoms with Crippen LogP contribution in [0.15, 0.2) is 34.8 Å². The van der Waals surface area contributed by atoms with Crippen molar-refractivity contribution in [3.63, 3.8) is 0 Å². The van der Waals surface area contributed by atoms with E-state index in [0.29, 0.717) is 0 Å². The summed E-state index contributed by atoms with van der Waals surface area (Å²) in [6.07, 6.45) is 0. The molecule has 1 N–H and O–H groups in total. The fraction of sp³-hybridized carbons (Fsp3) is 0.0714. The second-order valence-electron chi connectivity index (χ2n) is 4.06. The number of rotatable bonds is 4. The lowest BCUT2D eigenvalue weighted by Gasteiger charge is -2.10. The summed E-state index contributed by atoms with van der Waals surface area (Å²) in [7, 11) is 0. The molecule has 0 unspecified atom stereocenters. The summed E-state index contributed by atoms with van der Waals surface area (Å²) in [5.74, 6) is -2.49. The minimum Gasteiger partial charge on any atom is -0.487 e. The van der Waals surface area contributed by atoms with Crippen molar-refractivity contribution < 1.29 is 23.4 Å². The van der Waals surface area contributed by atoms with Gasteiger partial charge in [-0.15, -0.1) is 0 Å². The minimum atomic E-state index is -1.13. The van der Waals surface area contributed by atoms with Gasteiger partial charge < -0.3 is 9.84 Å². The van der Waals surface area contributed by atoms with E-state index >= 15 is 0 Å². The van der Waals surface area contributed by atoms with Crippen molar-refractivity contribution in [2.24, 2.45) is 0 Å². The van der Waals surface area contributed by atoms with Crippen LogP contribution >= 0.6 is 27.5 Å². The molecule has 2 rings (SSSR count). The van der Waals surface area contributed by atoms with Gasteiger partial charge in [0.15, 0.2) is 0 Å². The van der Waals surface area contributed by atoms with Crippen LogP contribution in [0.3, 0.4) is 0 Å². The number of hydrogen-bond acceptors (Lipinski definition) is 2. The molecule has 21 heavy (non-hydrogen) atoms. The number of halogens is 4. The fourth-order valence-electron chi connectivity index (χ4n) is 1.60. The standard InChI is InChI=1S/C14H8BrClF2O3/c15-9-2-3-11(17)8(13(9)18)6-21-12-4-1-7(14(19)20)5-10(12)16/h1-5H,6H2,(H,19,20). The van der Waals surface area contributed by atoms with Crippen LogP contribution in [-0.4, -0.2) is 11.1 Å². The quantitative estimate of drug-likeness (QED) is 0.789. The number of aromatic carboxylic acids is 1. The van der Waals surface area contributed by atoms with Crippen molar-refractivity contribution in [3.05, 3.63) is 62.6 Å². The summed E-state index contributed by atoms with van der Waals surface area (Å²) in [6.45, 7) is -0.372. The molecule has 0 saturated heterocycles. The Morgan fingerprint density at radius 1 is 1.29 bits per heavy atom. The third-order valence-electron chi connectivity index (χ3n) is 2.69. The van der Waals surface area contributed by atoms with Gasteiger partial charge >= 0.3 is 5.97 Å². The van der Waals surface area contributed by atoms with Gasteiger partial charge in [-0.1, -0.05) is 11.6 Å². The van der Waals surface area contributed by atoms with Gasteiger partial charge in [-0.2, -0.15) is 0 Å². The monoisotopic (exact) mass is 376 g/mol. The highest BCUT2D eigenvalue weighted by Crippen LogP contribution is 2.28. The number of benzene rings is 2. The molecule has 110 valence electrons. The normalized spacial score (nSPS) is 10.5. The van der Waals surface area contributed by atoms with Crippen molar-refractivity contribution in [1.29, 1.82) is 0 Å². The van der Waals surface area contributed by atoms with Crippen LogP contribution in [0, 0.1) is 11.6 Å². The number of carboxylic acids is 1. The molecule has 0 aliphatic carbocycles. The number of carboxylic acid groups (broad SMARTS) is 1. The summed E-state index contributed by atoms with van der Waals surface area (Å²) < 4.78 is 32.7. The van der Waals surface area contributed by atoms with E-state index in [-0.39, 0.29) is 33.0 Å². The fourth-order valence-corrected chi connectivity index (χ4v) is 2.21. The third-order valence-corrected chi connectivity index (χ3v) is 3.60. The Kier molecular flexibility index (Phi) is 4.80. The SMILES string of the molecule is O=C(O)c1ccc(OCc2c(F)ccc(Br)c2F)c(Cl)c1. The Hall–Kier alpha value is -1.66. The zero-order valence-electron chi connectivity index (χ0n) is 10.4. The van der Waals surface area contributed by atoms with Gasteiger partial charge in [-0.3, -0.25) is 0 Å². The van der Waals surface area contributed by atoms with Crippen LogP contribution < -0.4 is 4.74 Å². The highest BCUT2D eigenvalue weighted by Gasteiger charge is 2.14.